The molecule has 2 heterocycles. The number of anilines is 1. The van der Waals surface area contributed by atoms with E-state index in [0.717, 1.165) is 15.9 Å². The van der Waals surface area contributed by atoms with E-state index in [1.807, 2.05) is 0 Å². The predicted octanol–water partition coefficient (Wildman–Crippen LogP) is 2.47. The van der Waals surface area contributed by atoms with Crippen molar-refractivity contribution in [1.82, 2.24) is 14.5 Å². The summed E-state index contributed by atoms with van der Waals surface area (Å²) in [5.74, 6) is -1.46. The molecule has 10 heteroatoms. The van der Waals surface area contributed by atoms with Crippen molar-refractivity contribution in [2.45, 2.75) is 33.7 Å². The number of nitrogens with one attached hydrogen (secondary N) is 2. The number of nitrogens with zero attached hydrogens (tertiary/aromatic N) is 2. The Morgan fingerprint density at radius 1 is 1.27 bits per heavy atom. The van der Waals surface area contributed by atoms with Crippen molar-refractivity contribution in [1.29, 1.82) is 0 Å². The van der Waals surface area contributed by atoms with Gasteiger partial charge in [0.25, 0.3) is 5.56 Å². The first kappa shape index (κ1) is 21.4. The van der Waals surface area contributed by atoms with E-state index in [2.05, 4.69) is 15.3 Å². The highest BCUT2D eigenvalue weighted by Crippen LogP contribution is 2.25. The van der Waals surface area contributed by atoms with Crippen molar-refractivity contribution < 1.29 is 14.3 Å². The van der Waals surface area contributed by atoms with Crippen LogP contribution in [0.5, 0.6) is 0 Å². The van der Waals surface area contributed by atoms with Gasteiger partial charge in [-0.25, -0.2) is 19.1 Å². The summed E-state index contributed by atoms with van der Waals surface area (Å²) in [6.45, 7) is 7.03. The number of ether oxygens (including phenoxy) is 1. The van der Waals surface area contributed by atoms with Gasteiger partial charge in [0, 0.05) is 0 Å². The number of esters is 1. The molecule has 158 valence electrons. The van der Waals surface area contributed by atoms with Gasteiger partial charge in [0.05, 0.1) is 23.2 Å². The molecule has 0 aliphatic heterocycles. The molecule has 30 heavy (non-hydrogen) atoms. The number of para-hydroxylation sites is 1. The molecule has 0 spiro atoms. The Kier molecular flexibility index (Phi) is 6.16. The highest BCUT2D eigenvalue weighted by atomic mass is 32.1. The van der Waals surface area contributed by atoms with Crippen molar-refractivity contribution in [3.63, 3.8) is 0 Å². The number of hydrogen-bond acceptors (Lipinski definition) is 7. The number of carbonyl (C=O) groups excluding carboxylic acids is 2. The summed E-state index contributed by atoms with van der Waals surface area (Å²) in [6.07, 6.45) is 0. The fourth-order valence-corrected chi connectivity index (χ4v) is 4.03. The van der Waals surface area contributed by atoms with E-state index in [-0.39, 0.29) is 22.5 Å². The van der Waals surface area contributed by atoms with Gasteiger partial charge in [0.15, 0.2) is 5.13 Å². The third kappa shape index (κ3) is 4.04. The standard InChI is InChI=1S/C20H22N4O5S/c1-5-29-18(27)15-11(4)21-19(30-15)23-16(25)14(10(2)3)24-17(26)12-8-6-7-9-13(12)22-20(24)28/h6-10,14H,5H2,1-4H3,(H,22,28)(H,21,23,25). The Balaban J connectivity index is 1.99. The van der Waals surface area contributed by atoms with Crippen molar-refractivity contribution in [2.75, 3.05) is 11.9 Å². The van der Waals surface area contributed by atoms with E-state index in [1.165, 1.54) is 0 Å². The number of amides is 1. The van der Waals surface area contributed by atoms with Crippen LogP contribution in [-0.2, 0) is 9.53 Å². The van der Waals surface area contributed by atoms with Crippen LogP contribution >= 0.6 is 11.3 Å². The van der Waals surface area contributed by atoms with Gasteiger partial charge in [-0.15, -0.1) is 0 Å². The summed E-state index contributed by atoms with van der Waals surface area (Å²) in [5, 5.41) is 3.13. The number of rotatable bonds is 6. The molecule has 0 aliphatic carbocycles. The van der Waals surface area contributed by atoms with Crippen LogP contribution in [0.1, 0.15) is 42.2 Å². The maximum absolute atomic E-state index is 13.0. The normalized spacial score (nSPS) is 12.2. The fourth-order valence-electron chi connectivity index (χ4n) is 3.16. The monoisotopic (exact) mass is 430 g/mol. The first-order valence-corrected chi connectivity index (χ1v) is 10.2. The van der Waals surface area contributed by atoms with E-state index >= 15 is 0 Å². The first-order valence-electron chi connectivity index (χ1n) is 9.43. The number of aromatic amines is 1. The molecule has 1 amide bonds. The number of benzene rings is 1. The molecule has 0 saturated heterocycles. The van der Waals surface area contributed by atoms with Gasteiger partial charge < -0.3 is 15.0 Å². The van der Waals surface area contributed by atoms with Gasteiger partial charge in [-0.3, -0.25) is 9.59 Å². The molecule has 0 bridgehead atoms. The van der Waals surface area contributed by atoms with Crippen molar-refractivity contribution in [3.8, 4) is 0 Å². The smallest absolute Gasteiger partial charge is 0.350 e. The average molecular weight is 430 g/mol. The predicted molar refractivity (Wildman–Crippen MR) is 114 cm³/mol. The zero-order valence-corrected chi connectivity index (χ0v) is 17.8. The number of carbonyl (C=O) groups is 2. The Bertz CT molecular complexity index is 1220. The minimum atomic E-state index is -1.07. The van der Waals surface area contributed by atoms with Crippen molar-refractivity contribution >= 4 is 39.2 Å². The summed E-state index contributed by atoms with van der Waals surface area (Å²) in [5.41, 5.74) is -0.391. The van der Waals surface area contributed by atoms with Crippen LogP contribution in [-0.4, -0.2) is 33.0 Å². The largest absolute Gasteiger partial charge is 0.462 e. The molecule has 0 radical (unpaired) electrons. The average Bonchev–Trinajstić information content (AvgIpc) is 3.04. The Labute approximate surface area is 175 Å². The molecule has 1 atom stereocenters. The van der Waals surface area contributed by atoms with E-state index in [9.17, 15) is 19.2 Å². The number of aromatic nitrogens is 3. The van der Waals surface area contributed by atoms with Gasteiger partial charge in [-0.2, -0.15) is 0 Å². The SMILES string of the molecule is CCOC(=O)c1sc(NC(=O)C(C(C)C)n2c(=O)[nH]c3ccccc3c2=O)nc1C. The molecule has 0 saturated carbocycles. The molecular formula is C20H22N4O5S. The lowest BCUT2D eigenvalue weighted by Gasteiger charge is -2.21. The van der Waals surface area contributed by atoms with Gasteiger partial charge in [0.2, 0.25) is 5.91 Å². The second-order valence-electron chi connectivity index (χ2n) is 6.98. The summed E-state index contributed by atoms with van der Waals surface area (Å²) in [6, 6.07) is 5.55. The zero-order valence-electron chi connectivity index (χ0n) is 17.0. The maximum Gasteiger partial charge on any atom is 0.350 e. The molecule has 0 fully saturated rings. The summed E-state index contributed by atoms with van der Waals surface area (Å²) in [4.78, 5) is 57.7. The van der Waals surface area contributed by atoms with E-state index in [1.54, 1.807) is 52.0 Å². The lowest BCUT2D eigenvalue weighted by Crippen LogP contribution is -2.44. The minimum Gasteiger partial charge on any atom is -0.462 e. The summed E-state index contributed by atoms with van der Waals surface area (Å²) in [7, 11) is 0. The number of H-pyrrole nitrogens is 1. The van der Waals surface area contributed by atoms with Gasteiger partial charge in [-0.1, -0.05) is 37.3 Å². The van der Waals surface area contributed by atoms with Gasteiger partial charge in [0.1, 0.15) is 10.9 Å². The fraction of sp³-hybridized carbons (Fsp3) is 0.350. The van der Waals surface area contributed by atoms with Crippen molar-refractivity contribution in [2.24, 2.45) is 5.92 Å². The molecule has 0 aliphatic rings. The van der Waals surface area contributed by atoms with Crippen LogP contribution in [0.25, 0.3) is 10.9 Å². The number of aryl methyl sites for hydroxylation is 1. The molecule has 3 rings (SSSR count). The highest BCUT2D eigenvalue weighted by molar-refractivity contribution is 7.17. The summed E-state index contributed by atoms with van der Waals surface area (Å²) < 4.78 is 5.91. The van der Waals surface area contributed by atoms with Crippen LogP contribution < -0.4 is 16.6 Å². The quantitative estimate of drug-likeness (QED) is 0.579. The molecule has 2 aromatic heterocycles. The minimum absolute atomic E-state index is 0.191. The Morgan fingerprint density at radius 2 is 1.97 bits per heavy atom. The lowest BCUT2D eigenvalue weighted by molar-refractivity contribution is -0.120. The Morgan fingerprint density at radius 3 is 2.63 bits per heavy atom. The van der Waals surface area contributed by atoms with Gasteiger partial charge in [-0.05, 0) is 31.9 Å². The lowest BCUT2D eigenvalue weighted by atomic mass is 10.0. The number of thiazole rings is 1. The molecule has 1 unspecified atom stereocenters. The first-order chi connectivity index (χ1) is 14.2. The summed E-state index contributed by atoms with van der Waals surface area (Å²) >= 11 is 0.980. The maximum atomic E-state index is 13.0. The second-order valence-corrected chi connectivity index (χ2v) is 7.98. The van der Waals surface area contributed by atoms with E-state index in [4.69, 9.17) is 4.74 Å². The molecule has 2 N–H and O–H groups in total. The van der Waals surface area contributed by atoms with Crippen LogP contribution in [0.2, 0.25) is 0 Å². The highest BCUT2D eigenvalue weighted by Gasteiger charge is 2.29. The number of hydrogen-bond donors (Lipinski definition) is 2. The molecule has 9 nitrogen and oxygen atoms in total. The van der Waals surface area contributed by atoms with Crippen LogP contribution in [0.3, 0.4) is 0 Å². The number of fused-ring (bicyclic) bond motifs is 1. The van der Waals surface area contributed by atoms with Gasteiger partial charge >= 0.3 is 11.7 Å². The van der Waals surface area contributed by atoms with E-state index in [0.29, 0.717) is 16.6 Å². The van der Waals surface area contributed by atoms with Crippen LogP contribution in [0.15, 0.2) is 33.9 Å². The third-order valence-corrected chi connectivity index (χ3v) is 5.56. The van der Waals surface area contributed by atoms with Crippen molar-refractivity contribution in [3.05, 3.63) is 55.7 Å². The second kappa shape index (κ2) is 8.62. The molecule has 3 aromatic rings. The van der Waals surface area contributed by atoms with E-state index < -0.39 is 29.2 Å². The van der Waals surface area contributed by atoms with Crippen LogP contribution in [0.4, 0.5) is 5.13 Å². The molecule has 1 aromatic carbocycles. The molecular weight excluding hydrogens is 408 g/mol. The third-order valence-electron chi connectivity index (χ3n) is 4.50. The zero-order chi connectivity index (χ0) is 22.0. The van der Waals surface area contributed by atoms with Crippen LogP contribution in [0, 0.1) is 12.8 Å². The Hall–Kier alpha value is -3.27. The topological polar surface area (TPSA) is 123 Å².